The van der Waals surface area contributed by atoms with Crippen LogP contribution in [0.5, 0.6) is 0 Å². The quantitative estimate of drug-likeness (QED) is 0.807. The summed E-state index contributed by atoms with van der Waals surface area (Å²) in [5, 5.41) is 7.82. The second-order valence-corrected chi connectivity index (χ2v) is 5.36. The lowest BCUT2D eigenvalue weighted by Gasteiger charge is -2.19. The predicted octanol–water partition coefficient (Wildman–Crippen LogP) is 2.26. The number of rotatable bonds is 7. The molecule has 1 aromatic rings. The average Bonchev–Trinajstić information content (AvgIpc) is 2.98. The van der Waals surface area contributed by atoms with Crippen LogP contribution in [0.3, 0.4) is 0 Å². The highest BCUT2D eigenvalue weighted by molar-refractivity contribution is 4.92. The van der Waals surface area contributed by atoms with Crippen molar-refractivity contribution < 1.29 is 0 Å². The van der Waals surface area contributed by atoms with Gasteiger partial charge in [0.1, 0.15) is 12.2 Å². The van der Waals surface area contributed by atoms with Gasteiger partial charge >= 0.3 is 0 Å². The van der Waals surface area contributed by atoms with E-state index in [-0.39, 0.29) is 0 Å². The van der Waals surface area contributed by atoms with E-state index < -0.39 is 0 Å². The highest BCUT2D eigenvalue weighted by Gasteiger charge is 2.28. The SMILES string of the molecule is CCCn1ncnc1CC1CCCC1CNCC. The molecule has 0 amide bonds. The Morgan fingerprint density at radius 1 is 1.33 bits per heavy atom. The Hall–Kier alpha value is -0.900. The van der Waals surface area contributed by atoms with Crippen LogP contribution in [0.25, 0.3) is 0 Å². The van der Waals surface area contributed by atoms with Gasteiger partial charge in [-0.2, -0.15) is 5.10 Å². The molecule has 0 saturated heterocycles. The molecule has 1 fully saturated rings. The Balaban J connectivity index is 1.92. The van der Waals surface area contributed by atoms with Crippen LogP contribution in [0.1, 0.15) is 45.4 Å². The molecule has 2 rings (SSSR count). The van der Waals surface area contributed by atoms with Gasteiger partial charge < -0.3 is 5.32 Å². The molecule has 1 heterocycles. The summed E-state index contributed by atoms with van der Waals surface area (Å²) in [6.07, 6.45) is 8.05. The molecule has 102 valence electrons. The van der Waals surface area contributed by atoms with Gasteiger partial charge in [-0.05, 0) is 44.2 Å². The van der Waals surface area contributed by atoms with E-state index in [4.69, 9.17) is 0 Å². The Bertz CT molecular complexity index is 347. The zero-order valence-corrected chi connectivity index (χ0v) is 11.7. The fraction of sp³-hybridized carbons (Fsp3) is 0.857. The Morgan fingerprint density at radius 3 is 2.94 bits per heavy atom. The molecule has 18 heavy (non-hydrogen) atoms. The van der Waals surface area contributed by atoms with Crippen LogP contribution < -0.4 is 5.32 Å². The summed E-state index contributed by atoms with van der Waals surface area (Å²) in [5.74, 6) is 2.81. The number of aromatic nitrogens is 3. The van der Waals surface area contributed by atoms with Gasteiger partial charge in [-0.15, -0.1) is 0 Å². The summed E-state index contributed by atoms with van der Waals surface area (Å²) in [6, 6.07) is 0. The standard InChI is InChI=1S/C14H26N4/c1-3-8-18-14(16-11-17-18)9-12-6-5-7-13(12)10-15-4-2/h11-13,15H,3-10H2,1-2H3. The Kier molecular flexibility index (Phi) is 5.17. The van der Waals surface area contributed by atoms with E-state index in [0.717, 1.165) is 37.8 Å². The summed E-state index contributed by atoms with van der Waals surface area (Å²) in [5.41, 5.74) is 0. The van der Waals surface area contributed by atoms with Crippen molar-refractivity contribution in [1.82, 2.24) is 20.1 Å². The molecule has 4 nitrogen and oxygen atoms in total. The molecule has 0 bridgehead atoms. The second kappa shape index (κ2) is 6.88. The maximum absolute atomic E-state index is 4.44. The monoisotopic (exact) mass is 250 g/mol. The normalized spacial score (nSPS) is 23.7. The number of hydrogen-bond donors (Lipinski definition) is 1. The van der Waals surface area contributed by atoms with Gasteiger partial charge in [0.15, 0.2) is 0 Å². The molecule has 1 aliphatic rings. The first kappa shape index (κ1) is 13.5. The zero-order valence-electron chi connectivity index (χ0n) is 11.7. The maximum Gasteiger partial charge on any atom is 0.138 e. The van der Waals surface area contributed by atoms with Gasteiger partial charge in [0, 0.05) is 13.0 Å². The van der Waals surface area contributed by atoms with E-state index in [1.807, 2.05) is 0 Å². The number of hydrogen-bond acceptors (Lipinski definition) is 3. The third kappa shape index (κ3) is 3.31. The molecule has 1 saturated carbocycles. The van der Waals surface area contributed by atoms with Gasteiger partial charge in [0.2, 0.25) is 0 Å². The largest absolute Gasteiger partial charge is 0.317 e. The minimum atomic E-state index is 0.795. The first-order valence-corrected chi connectivity index (χ1v) is 7.42. The van der Waals surface area contributed by atoms with Crippen LogP contribution in [0, 0.1) is 11.8 Å². The molecule has 0 aromatic carbocycles. The zero-order chi connectivity index (χ0) is 12.8. The summed E-state index contributed by atoms with van der Waals surface area (Å²) >= 11 is 0. The van der Waals surface area contributed by atoms with Crippen molar-refractivity contribution in [2.45, 2.75) is 52.5 Å². The van der Waals surface area contributed by atoms with E-state index in [0.29, 0.717) is 0 Å². The van der Waals surface area contributed by atoms with Crippen molar-refractivity contribution in [3.05, 3.63) is 12.2 Å². The van der Waals surface area contributed by atoms with E-state index in [2.05, 4.69) is 33.9 Å². The van der Waals surface area contributed by atoms with Crippen LogP contribution in [0.4, 0.5) is 0 Å². The lowest BCUT2D eigenvalue weighted by atomic mass is 9.92. The minimum absolute atomic E-state index is 0.795. The lowest BCUT2D eigenvalue weighted by Crippen LogP contribution is -2.26. The Morgan fingerprint density at radius 2 is 2.17 bits per heavy atom. The van der Waals surface area contributed by atoms with E-state index in [1.54, 1.807) is 6.33 Å². The fourth-order valence-electron chi connectivity index (χ4n) is 3.06. The highest BCUT2D eigenvalue weighted by atomic mass is 15.3. The third-order valence-electron chi connectivity index (χ3n) is 4.05. The molecular weight excluding hydrogens is 224 g/mol. The van der Waals surface area contributed by atoms with E-state index in [1.165, 1.54) is 31.6 Å². The molecule has 1 aliphatic carbocycles. The smallest absolute Gasteiger partial charge is 0.138 e. The first-order chi connectivity index (χ1) is 8.85. The lowest BCUT2D eigenvalue weighted by molar-refractivity contribution is 0.356. The average molecular weight is 250 g/mol. The first-order valence-electron chi connectivity index (χ1n) is 7.42. The molecule has 2 atom stereocenters. The van der Waals surface area contributed by atoms with Crippen molar-refractivity contribution in [3.63, 3.8) is 0 Å². The maximum atomic E-state index is 4.44. The van der Waals surface area contributed by atoms with Crippen molar-refractivity contribution >= 4 is 0 Å². The van der Waals surface area contributed by atoms with E-state index >= 15 is 0 Å². The van der Waals surface area contributed by atoms with Crippen LogP contribution >= 0.6 is 0 Å². The molecular formula is C14H26N4. The summed E-state index contributed by atoms with van der Waals surface area (Å²) in [4.78, 5) is 4.44. The number of nitrogens with zero attached hydrogens (tertiary/aromatic N) is 3. The van der Waals surface area contributed by atoms with Gasteiger partial charge in [-0.3, -0.25) is 4.68 Å². The molecule has 0 spiro atoms. The highest BCUT2D eigenvalue weighted by Crippen LogP contribution is 2.33. The third-order valence-corrected chi connectivity index (χ3v) is 4.05. The molecule has 2 unspecified atom stereocenters. The van der Waals surface area contributed by atoms with Crippen molar-refractivity contribution in [1.29, 1.82) is 0 Å². The number of nitrogens with one attached hydrogen (secondary N) is 1. The van der Waals surface area contributed by atoms with Crippen LogP contribution in [-0.2, 0) is 13.0 Å². The van der Waals surface area contributed by atoms with Crippen LogP contribution in [0.2, 0.25) is 0 Å². The fourth-order valence-corrected chi connectivity index (χ4v) is 3.06. The molecule has 0 radical (unpaired) electrons. The summed E-state index contributed by atoms with van der Waals surface area (Å²) in [7, 11) is 0. The Labute approximate surface area is 110 Å². The van der Waals surface area contributed by atoms with Crippen LogP contribution in [0.15, 0.2) is 6.33 Å². The van der Waals surface area contributed by atoms with Gasteiger partial charge in [-0.25, -0.2) is 4.98 Å². The van der Waals surface area contributed by atoms with Crippen molar-refractivity contribution in [2.24, 2.45) is 11.8 Å². The van der Waals surface area contributed by atoms with Crippen LogP contribution in [-0.4, -0.2) is 27.9 Å². The number of aryl methyl sites for hydroxylation is 1. The molecule has 1 N–H and O–H groups in total. The second-order valence-electron chi connectivity index (χ2n) is 5.36. The summed E-state index contributed by atoms with van der Waals surface area (Å²) in [6.45, 7) is 7.62. The minimum Gasteiger partial charge on any atom is -0.317 e. The van der Waals surface area contributed by atoms with E-state index in [9.17, 15) is 0 Å². The topological polar surface area (TPSA) is 42.7 Å². The van der Waals surface area contributed by atoms with Gasteiger partial charge in [0.05, 0.1) is 0 Å². The predicted molar refractivity (Wildman–Crippen MR) is 73.4 cm³/mol. The summed E-state index contributed by atoms with van der Waals surface area (Å²) < 4.78 is 2.09. The van der Waals surface area contributed by atoms with Gasteiger partial charge in [0.25, 0.3) is 0 Å². The molecule has 1 aromatic heterocycles. The molecule has 4 heteroatoms. The van der Waals surface area contributed by atoms with Crippen molar-refractivity contribution in [2.75, 3.05) is 13.1 Å². The van der Waals surface area contributed by atoms with Gasteiger partial charge in [-0.1, -0.05) is 20.3 Å². The molecule has 0 aliphatic heterocycles. The van der Waals surface area contributed by atoms with Crippen molar-refractivity contribution in [3.8, 4) is 0 Å².